The summed E-state index contributed by atoms with van der Waals surface area (Å²) < 4.78 is 29.4. The Hall–Kier alpha value is -3.21. The summed E-state index contributed by atoms with van der Waals surface area (Å²) in [6, 6.07) is 20.1. The van der Waals surface area contributed by atoms with Crippen molar-refractivity contribution in [2.75, 3.05) is 0 Å². The molecule has 0 saturated carbocycles. The van der Waals surface area contributed by atoms with Crippen molar-refractivity contribution in [2.24, 2.45) is 4.99 Å². The maximum Gasteiger partial charge on any atom is 0.400 e. The van der Waals surface area contributed by atoms with E-state index in [-0.39, 0.29) is 0 Å². The van der Waals surface area contributed by atoms with E-state index in [4.69, 9.17) is 4.99 Å². The molecule has 4 rings (SSSR count). The lowest BCUT2D eigenvalue weighted by molar-refractivity contribution is 0.624. The van der Waals surface area contributed by atoms with Gasteiger partial charge in [-0.1, -0.05) is 54.6 Å². The summed E-state index contributed by atoms with van der Waals surface area (Å²) in [6.07, 6.45) is 2.00. The van der Waals surface area contributed by atoms with Crippen LogP contribution >= 0.6 is 0 Å². The van der Waals surface area contributed by atoms with Crippen molar-refractivity contribution in [3.8, 4) is 11.1 Å². The van der Waals surface area contributed by atoms with E-state index in [1.54, 1.807) is 6.92 Å². The third-order valence-corrected chi connectivity index (χ3v) is 5.58. The number of allylic oxidation sites excluding steroid dienone is 2. The van der Waals surface area contributed by atoms with Gasteiger partial charge < -0.3 is 13.1 Å². The first kappa shape index (κ1) is 20.1. The topological polar surface area (TPSA) is 17.3 Å². The Morgan fingerprint density at radius 1 is 0.867 bits per heavy atom. The molecule has 1 aliphatic heterocycles. The number of aromatic nitrogens is 1. The van der Waals surface area contributed by atoms with Crippen LogP contribution in [-0.2, 0) is 0 Å². The van der Waals surface area contributed by atoms with Gasteiger partial charge >= 0.3 is 7.40 Å². The predicted molar refractivity (Wildman–Crippen MR) is 123 cm³/mol. The minimum Gasteiger partial charge on any atom is -0.468 e. The van der Waals surface area contributed by atoms with Gasteiger partial charge in [-0.3, -0.25) is 4.99 Å². The lowest BCUT2D eigenvalue weighted by Gasteiger charge is -2.22. The molecule has 0 atom stereocenters. The van der Waals surface area contributed by atoms with Crippen LogP contribution < -0.4 is 0 Å². The van der Waals surface area contributed by atoms with Gasteiger partial charge in [0.2, 0.25) is 0 Å². The quantitative estimate of drug-likeness (QED) is 0.447. The molecule has 0 bridgehead atoms. The summed E-state index contributed by atoms with van der Waals surface area (Å²) >= 11 is 0. The van der Waals surface area contributed by atoms with Crippen LogP contribution in [0.5, 0.6) is 0 Å². The predicted octanol–water partition coefficient (Wildman–Crippen LogP) is 6.46. The molecule has 2 nitrogen and oxygen atoms in total. The highest BCUT2D eigenvalue weighted by atomic mass is 19.2. The monoisotopic (exact) mass is 401 g/mol. The normalized spacial score (nSPS) is 15.4. The molecule has 0 spiro atoms. The Labute approximate surface area is 176 Å². The highest BCUT2D eigenvalue weighted by Gasteiger charge is 2.23. The fourth-order valence-corrected chi connectivity index (χ4v) is 4.27. The van der Waals surface area contributed by atoms with Crippen LogP contribution in [0.4, 0.5) is 8.63 Å². The molecule has 1 aromatic heterocycles. The lowest BCUT2D eigenvalue weighted by atomic mass is 9.93. The number of hydrogen-bond acceptors (Lipinski definition) is 1. The van der Waals surface area contributed by atoms with Crippen molar-refractivity contribution in [3.63, 3.8) is 0 Å². The average molecular weight is 401 g/mol. The van der Waals surface area contributed by atoms with Crippen molar-refractivity contribution < 1.29 is 8.63 Å². The molecule has 0 aliphatic carbocycles. The van der Waals surface area contributed by atoms with E-state index in [0.29, 0.717) is 11.4 Å². The standard InChI is InChI=1S/C25H24BF2N2/c1-16-14-18(3)29-24(16)23(25-17(2)15-19(4)30(25)26(27)28)22-12-10-21(11-13-22)20-8-6-5-7-9-20/h5-15,26H,1-4H3/q-1/b24-23-. The summed E-state index contributed by atoms with van der Waals surface area (Å²) in [6.45, 7) is 7.55. The Kier molecular flexibility index (Phi) is 5.29. The van der Waals surface area contributed by atoms with Gasteiger partial charge in [-0.15, -0.1) is 0 Å². The van der Waals surface area contributed by atoms with Crippen LogP contribution in [0.25, 0.3) is 16.7 Å². The van der Waals surface area contributed by atoms with Crippen molar-refractivity contribution in [1.29, 1.82) is 0 Å². The van der Waals surface area contributed by atoms with E-state index < -0.39 is 7.40 Å². The highest BCUT2D eigenvalue weighted by molar-refractivity contribution is 6.41. The Balaban J connectivity index is 1.94. The molecule has 2 heterocycles. The van der Waals surface area contributed by atoms with E-state index in [9.17, 15) is 8.63 Å². The molecule has 5 heteroatoms. The van der Waals surface area contributed by atoms with E-state index >= 15 is 0 Å². The Bertz CT molecular complexity index is 1180. The van der Waals surface area contributed by atoms with Gasteiger partial charge in [0.15, 0.2) is 0 Å². The number of aliphatic imine (C=N–C) groups is 1. The lowest BCUT2D eigenvalue weighted by Crippen LogP contribution is -2.18. The fraction of sp³-hybridized carbons (Fsp3) is 0.160. The van der Waals surface area contributed by atoms with Gasteiger partial charge in [0.1, 0.15) is 0 Å². The largest absolute Gasteiger partial charge is 0.468 e. The molecule has 152 valence electrons. The summed E-state index contributed by atoms with van der Waals surface area (Å²) in [5.74, 6) is 0. The molecule has 0 radical (unpaired) electrons. The van der Waals surface area contributed by atoms with Crippen molar-refractivity contribution in [2.45, 2.75) is 27.7 Å². The molecule has 0 amide bonds. The maximum absolute atomic E-state index is 14.1. The summed E-state index contributed by atoms with van der Waals surface area (Å²) in [5, 5.41) is 0. The zero-order chi connectivity index (χ0) is 21.4. The van der Waals surface area contributed by atoms with E-state index in [0.717, 1.165) is 44.8 Å². The summed E-state index contributed by atoms with van der Waals surface area (Å²) in [7, 11) is -3.50. The molecule has 3 aromatic rings. The van der Waals surface area contributed by atoms with E-state index in [1.807, 2.05) is 75.4 Å². The Morgan fingerprint density at radius 2 is 1.50 bits per heavy atom. The first-order chi connectivity index (χ1) is 14.4. The second-order valence-electron chi connectivity index (χ2n) is 7.83. The van der Waals surface area contributed by atoms with Crippen molar-refractivity contribution >= 4 is 18.7 Å². The van der Waals surface area contributed by atoms with Gasteiger partial charge in [0.05, 0.1) is 5.70 Å². The number of nitrogens with zero attached hydrogens (tertiary/aromatic N) is 2. The summed E-state index contributed by atoms with van der Waals surface area (Å²) in [4.78, 5) is 4.71. The van der Waals surface area contributed by atoms with E-state index in [1.165, 1.54) is 4.48 Å². The third kappa shape index (κ3) is 3.56. The highest BCUT2D eigenvalue weighted by Crippen LogP contribution is 2.37. The number of halogens is 2. The number of hydrogen-bond donors (Lipinski definition) is 0. The van der Waals surface area contributed by atoms with Crippen molar-refractivity contribution in [3.05, 3.63) is 101 Å². The van der Waals surface area contributed by atoms with Gasteiger partial charge in [0.25, 0.3) is 0 Å². The zero-order valence-electron chi connectivity index (χ0n) is 17.7. The molecule has 0 N–H and O–H groups in total. The minimum atomic E-state index is -3.50. The summed E-state index contributed by atoms with van der Waals surface area (Å²) in [5.41, 5.74) is 8.47. The van der Waals surface area contributed by atoms with E-state index in [2.05, 4.69) is 12.1 Å². The van der Waals surface area contributed by atoms with Gasteiger partial charge in [-0.2, -0.15) is 0 Å². The smallest absolute Gasteiger partial charge is 0.400 e. The maximum atomic E-state index is 14.1. The molecule has 1 aliphatic rings. The SMILES string of the molecule is CC1=CC(C)=N/C1=C(/c1ccc(-c2ccccc2)cc1)c1c(C)cc(C)n1[BH-](F)F. The van der Waals surface area contributed by atoms with Gasteiger partial charge in [-0.25, -0.2) is 0 Å². The molecule has 0 unspecified atom stereocenters. The molecule has 0 fully saturated rings. The van der Waals surface area contributed by atoms with Crippen molar-refractivity contribution in [1.82, 2.24) is 4.48 Å². The average Bonchev–Trinajstić information content (AvgIpc) is 3.21. The van der Waals surface area contributed by atoms with Gasteiger partial charge in [0, 0.05) is 17.0 Å². The van der Waals surface area contributed by atoms with Crippen LogP contribution in [0.1, 0.15) is 36.4 Å². The molecule has 30 heavy (non-hydrogen) atoms. The van der Waals surface area contributed by atoms with Crippen LogP contribution in [0, 0.1) is 13.8 Å². The fourth-order valence-electron chi connectivity index (χ4n) is 4.27. The molecular formula is C25H24BF2N2-. The van der Waals surface area contributed by atoms with Crippen LogP contribution in [0.2, 0.25) is 0 Å². The number of benzene rings is 2. The third-order valence-electron chi connectivity index (χ3n) is 5.58. The second kappa shape index (κ2) is 7.90. The second-order valence-corrected chi connectivity index (χ2v) is 7.83. The molecule has 2 aromatic carbocycles. The van der Waals surface area contributed by atoms with Crippen LogP contribution in [0.3, 0.4) is 0 Å². The zero-order valence-corrected chi connectivity index (χ0v) is 17.7. The number of rotatable bonds is 4. The minimum absolute atomic E-state index is 0.561. The Morgan fingerprint density at radius 3 is 2.07 bits per heavy atom. The first-order valence-corrected chi connectivity index (χ1v) is 10.1. The van der Waals surface area contributed by atoms with Gasteiger partial charge in [-0.05, 0) is 73.4 Å². The molecular weight excluding hydrogens is 377 g/mol. The first-order valence-electron chi connectivity index (χ1n) is 10.1. The van der Waals surface area contributed by atoms with Crippen LogP contribution in [-0.4, -0.2) is 17.6 Å². The van der Waals surface area contributed by atoms with Crippen LogP contribution in [0.15, 0.2) is 83.0 Å². The molecule has 0 saturated heterocycles. The number of aryl methyl sites for hydroxylation is 2.